The van der Waals surface area contributed by atoms with Crippen LogP contribution in [0.2, 0.25) is 0 Å². The second-order valence-corrected chi connectivity index (χ2v) is 5.45. The first kappa shape index (κ1) is 14.0. The number of nitrogens with one attached hydrogen (secondary N) is 1. The number of nitrogen functional groups attached to an aromatic ring is 1. The Hall–Kier alpha value is -1.45. The number of rotatable bonds is 5. The third kappa shape index (κ3) is 3.75. The molecule has 4 heteroatoms. The summed E-state index contributed by atoms with van der Waals surface area (Å²) in [6.45, 7) is 2.27. The van der Waals surface area contributed by atoms with E-state index in [4.69, 9.17) is 10.5 Å². The van der Waals surface area contributed by atoms with Crippen molar-refractivity contribution in [1.29, 1.82) is 0 Å². The average molecular weight is 263 g/mol. The first-order valence-electron chi connectivity index (χ1n) is 7.30. The molecular formula is C15H25N3O. The van der Waals surface area contributed by atoms with Gasteiger partial charge in [-0.25, -0.2) is 0 Å². The smallest absolute Gasteiger partial charge is 0.238 e. The summed E-state index contributed by atoms with van der Waals surface area (Å²) in [5.74, 6) is 2.30. The number of anilines is 2. The van der Waals surface area contributed by atoms with Crippen LogP contribution in [0.15, 0.2) is 12.1 Å². The number of ether oxygens (including phenoxy) is 1. The zero-order valence-electron chi connectivity index (χ0n) is 12.0. The topological polar surface area (TPSA) is 60.2 Å². The molecule has 19 heavy (non-hydrogen) atoms. The Morgan fingerprint density at radius 3 is 2.68 bits per heavy atom. The predicted octanol–water partition coefficient (Wildman–Crippen LogP) is 3.44. The minimum absolute atomic E-state index is 0.504. The van der Waals surface area contributed by atoms with Gasteiger partial charge in [-0.05, 0) is 43.7 Å². The number of nitrogens with zero attached hydrogens (tertiary/aromatic N) is 1. The first-order valence-corrected chi connectivity index (χ1v) is 7.30. The summed E-state index contributed by atoms with van der Waals surface area (Å²) < 4.78 is 5.15. The maximum absolute atomic E-state index is 5.77. The maximum atomic E-state index is 5.77. The normalized spacial score (nSPS) is 23.1. The molecule has 0 unspecified atom stereocenters. The molecule has 0 spiro atoms. The fourth-order valence-corrected chi connectivity index (χ4v) is 2.91. The zero-order chi connectivity index (χ0) is 13.7. The van der Waals surface area contributed by atoms with Gasteiger partial charge in [0.1, 0.15) is 5.82 Å². The van der Waals surface area contributed by atoms with Crippen LogP contribution in [-0.4, -0.2) is 18.1 Å². The molecule has 1 aliphatic carbocycles. The highest BCUT2D eigenvalue weighted by molar-refractivity contribution is 5.53. The molecule has 1 saturated carbocycles. The molecule has 1 aliphatic rings. The van der Waals surface area contributed by atoms with Crippen LogP contribution in [0, 0.1) is 5.92 Å². The highest BCUT2D eigenvalue weighted by Crippen LogP contribution is 2.30. The Labute approximate surface area is 115 Å². The van der Waals surface area contributed by atoms with E-state index in [2.05, 4.69) is 17.2 Å². The molecule has 1 aromatic heterocycles. The van der Waals surface area contributed by atoms with E-state index in [9.17, 15) is 0 Å². The van der Waals surface area contributed by atoms with E-state index in [0.717, 1.165) is 11.7 Å². The van der Waals surface area contributed by atoms with Gasteiger partial charge in [0.05, 0.1) is 12.8 Å². The standard InChI is InChI=1S/C15H25N3O/c1-3-4-11-5-7-12(8-6-11)17-14-10-9-13(16)15(18-14)19-2/h9-12H,3-8,16H2,1-2H3,(H,17,18). The largest absolute Gasteiger partial charge is 0.479 e. The molecule has 2 rings (SSSR count). The van der Waals surface area contributed by atoms with Crippen LogP contribution in [0.25, 0.3) is 0 Å². The molecule has 0 atom stereocenters. The summed E-state index contributed by atoms with van der Waals surface area (Å²) in [5, 5.41) is 3.50. The molecule has 3 N–H and O–H groups in total. The Morgan fingerprint density at radius 1 is 1.32 bits per heavy atom. The van der Waals surface area contributed by atoms with Crippen LogP contribution in [0.4, 0.5) is 11.5 Å². The highest BCUT2D eigenvalue weighted by atomic mass is 16.5. The molecule has 106 valence electrons. The van der Waals surface area contributed by atoms with Crippen molar-refractivity contribution >= 4 is 11.5 Å². The van der Waals surface area contributed by atoms with Crippen LogP contribution in [-0.2, 0) is 0 Å². The Bertz CT molecular complexity index is 400. The van der Waals surface area contributed by atoms with E-state index in [1.807, 2.05) is 12.1 Å². The maximum Gasteiger partial charge on any atom is 0.238 e. The van der Waals surface area contributed by atoms with E-state index in [0.29, 0.717) is 17.6 Å². The molecule has 0 aromatic carbocycles. The molecule has 1 heterocycles. The van der Waals surface area contributed by atoms with E-state index in [-0.39, 0.29) is 0 Å². The van der Waals surface area contributed by atoms with Crippen LogP contribution < -0.4 is 15.8 Å². The minimum Gasteiger partial charge on any atom is -0.479 e. The number of pyridine rings is 1. The minimum atomic E-state index is 0.504. The van der Waals surface area contributed by atoms with Crippen molar-refractivity contribution < 1.29 is 4.74 Å². The number of hydrogen-bond acceptors (Lipinski definition) is 4. The van der Waals surface area contributed by atoms with Gasteiger partial charge in [0.25, 0.3) is 0 Å². The Kier molecular flexibility index (Phi) is 4.88. The van der Waals surface area contributed by atoms with Gasteiger partial charge >= 0.3 is 0 Å². The van der Waals surface area contributed by atoms with Crippen molar-refractivity contribution in [3.8, 4) is 5.88 Å². The van der Waals surface area contributed by atoms with Crippen molar-refractivity contribution in [2.75, 3.05) is 18.2 Å². The van der Waals surface area contributed by atoms with Gasteiger partial charge in [0.2, 0.25) is 5.88 Å². The van der Waals surface area contributed by atoms with Crippen molar-refractivity contribution in [3.63, 3.8) is 0 Å². The van der Waals surface area contributed by atoms with Gasteiger partial charge in [-0.1, -0.05) is 19.8 Å². The average Bonchev–Trinajstić information content (AvgIpc) is 2.43. The molecule has 4 nitrogen and oxygen atoms in total. The van der Waals surface area contributed by atoms with Gasteiger partial charge < -0.3 is 15.8 Å². The lowest BCUT2D eigenvalue weighted by Gasteiger charge is -2.29. The molecule has 0 amide bonds. The molecule has 0 bridgehead atoms. The van der Waals surface area contributed by atoms with Crippen molar-refractivity contribution in [2.45, 2.75) is 51.5 Å². The quantitative estimate of drug-likeness (QED) is 0.854. The predicted molar refractivity (Wildman–Crippen MR) is 79.5 cm³/mol. The van der Waals surface area contributed by atoms with Gasteiger partial charge in [0, 0.05) is 6.04 Å². The summed E-state index contributed by atoms with van der Waals surface area (Å²) in [6.07, 6.45) is 7.81. The lowest BCUT2D eigenvalue weighted by molar-refractivity contribution is 0.318. The van der Waals surface area contributed by atoms with Crippen molar-refractivity contribution in [3.05, 3.63) is 12.1 Å². The number of hydrogen-bond donors (Lipinski definition) is 2. The Morgan fingerprint density at radius 2 is 2.05 bits per heavy atom. The SMILES string of the molecule is CCCC1CCC(Nc2ccc(N)c(OC)n2)CC1. The van der Waals surface area contributed by atoms with Gasteiger partial charge in [-0.2, -0.15) is 4.98 Å². The van der Waals surface area contributed by atoms with E-state index >= 15 is 0 Å². The highest BCUT2D eigenvalue weighted by Gasteiger charge is 2.20. The fourth-order valence-electron chi connectivity index (χ4n) is 2.91. The van der Waals surface area contributed by atoms with Gasteiger partial charge in [0.15, 0.2) is 0 Å². The van der Waals surface area contributed by atoms with Gasteiger partial charge in [-0.3, -0.25) is 0 Å². The summed E-state index contributed by atoms with van der Waals surface area (Å²) in [6, 6.07) is 4.31. The monoisotopic (exact) mass is 263 g/mol. The number of aromatic nitrogens is 1. The molecule has 1 aromatic rings. The molecule has 0 saturated heterocycles. The first-order chi connectivity index (χ1) is 9.22. The number of methoxy groups -OCH3 is 1. The summed E-state index contributed by atoms with van der Waals surface area (Å²) >= 11 is 0. The van der Waals surface area contributed by atoms with Crippen LogP contribution in [0.1, 0.15) is 45.4 Å². The second kappa shape index (κ2) is 6.64. The third-order valence-corrected chi connectivity index (χ3v) is 3.98. The van der Waals surface area contributed by atoms with E-state index in [1.54, 1.807) is 7.11 Å². The third-order valence-electron chi connectivity index (χ3n) is 3.98. The second-order valence-electron chi connectivity index (χ2n) is 5.45. The zero-order valence-corrected chi connectivity index (χ0v) is 12.0. The van der Waals surface area contributed by atoms with E-state index < -0.39 is 0 Å². The van der Waals surface area contributed by atoms with Crippen LogP contribution >= 0.6 is 0 Å². The molecule has 0 aliphatic heterocycles. The number of nitrogens with two attached hydrogens (primary N) is 1. The lowest BCUT2D eigenvalue weighted by atomic mass is 9.83. The molecule has 1 fully saturated rings. The summed E-state index contributed by atoms with van der Waals surface area (Å²) in [7, 11) is 1.60. The fraction of sp³-hybridized carbons (Fsp3) is 0.667. The summed E-state index contributed by atoms with van der Waals surface area (Å²) in [4.78, 5) is 4.38. The Balaban J connectivity index is 1.88. The molecule has 0 radical (unpaired) electrons. The van der Waals surface area contributed by atoms with Crippen LogP contribution in [0.3, 0.4) is 0 Å². The lowest BCUT2D eigenvalue weighted by Crippen LogP contribution is -2.26. The van der Waals surface area contributed by atoms with Gasteiger partial charge in [-0.15, -0.1) is 0 Å². The van der Waals surface area contributed by atoms with Crippen LogP contribution in [0.5, 0.6) is 5.88 Å². The molecular weight excluding hydrogens is 238 g/mol. The van der Waals surface area contributed by atoms with Crippen molar-refractivity contribution in [2.24, 2.45) is 5.92 Å². The van der Waals surface area contributed by atoms with Crippen molar-refractivity contribution in [1.82, 2.24) is 4.98 Å². The summed E-state index contributed by atoms with van der Waals surface area (Å²) in [5.41, 5.74) is 6.35. The van der Waals surface area contributed by atoms with E-state index in [1.165, 1.54) is 38.5 Å².